The van der Waals surface area contributed by atoms with Gasteiger partial charge in [0, 0.05) is 24.7 Å². The van der Waals surface area contributed by atoms with Crippen molar-refractivity contribution in [2.24, 2.45) is 0 Å². The van der Waals surface area contributed by atoms with Crippen LogP contribution in [0.1, 0.15) is 22.9 Å². The molecule has 86 valence electrons. The van der Waals surface area contributed by atoms with Crippen LogP contribution in [0.2, 0.25) is 0 Å². The molecule has 0 aromatic carbocycles. The predicted octanol–water partition coefficient (Wildman–Crippen LogP) is 1.65. The average molecular weight is 220 g/mol. The van der Waals surface area contributed by atoms with Crippen LogP contribution in [0.3, 0.4) is 0 Å². The Bertz CT molecular complexity index is 460. The number of hydrogen-bond acceptors (Lipinski definition) is 4. The lowest BCUT2D eigenvalue weighted by Crippen LogP contribution is -2.17. The summed E-state index contributed by atoms with van der Waals surface area (Å²) in [5.41, 5.74) is 2.32. The molecule has 0 radical (unpaired) electrons. The summed E-state index contributed by atoms with van der Waals surface area (Å²) in [5, 5.41) is 6.93. The second-order valence-corrected chi connectivity index (χ2v) is 4.04. The van der Waals surface area contributed by atoms with E-state index in [1.807, 2.05) is 27.1 Å². The molecule has 2 heterocycles. The fourth-order valence-electron chi connectivity index (χ4n) is 1.63. The van der Waals surface area contributed by atoms with Crippen molar-refractivity contribution in [3.63, 3.8) is 0 Å². The number of hydrogen-bond donors (Lipinski definition) is 1. The van der Waals surface area contributed by atoms with Gasteiger partial charge in [0.25, 0.3) is 0 Å². The van der Waals surface area contributed by atoms with E-state index in [0.717, 1.165) is 24.5 Å². The Morgan fingerprint density at radius 1 is 1.31 bits per heavy atom. The van der Waals surface area contributed by atoms with Gasteiger partial charge in [0.2, 0.25) is 0 Å². The predicted molar refractivity (Wildman–Crippen MR) is 59.7 cm³/mol. The van der Waals surface area contributed by atoms with E-state index in [9.17, 15) is 0 Å². The molecule has 0 aliphatic heterocycles. The van der Waals surface area contributed by atoms with E-state index >= 15 is 0 Å². The van der Waals surface area contributed by atoms with Crippen LogP contribution < -0.4 is 0 Å². The molecule has 2 aromatic rings. The maximum Gasteiger partial charge on any atom is 0.191 e. The summed E-state index contributed by atoms with van der Waals surface area (Å²) in [6, 6.07) is 0. The fraction of sp³-hybridized carbons (Fsp3) is 0.455. The molecule has 0 atom stereocenters. The Labute approximate surface area is 94.5 Å². The van der Waals surface area contributed by atoms with E-state index in [1.54, 1.807) is 6.20 Å². The van der Waals surface area contributed by atoms with Crippen LogP contribution in [0.15, 0.2) is 16.8 Å². The lowest BCUT2D eigenvalue weighted by molar-refractivity contribution is 0.284. The summed E-state index contributed by atoms with van der Waals surface area (Å²) >= 11 is 0. The number of rotatable bonds is 4. The number of oxazole rings is 1. The first-order chi connectivity index (χ1) is 7.65. The smallest absolute Gasteiger partial charge is 0.191 e. The summed E-state index contributed by atoms with van der Waals surface area (Å²) in [5.74, 6) is 1.60. The summed E-state index contributed by atoms with van der Waals surface area (Å²) in [7, 11) is 2.05. The van der Waals surface area contributed by atoms with E-state index in [1.165, 1.54) is 5.56 Å². The normalized spacial score (nSPS) is 11.2. The maximum absolute atomic E-state index is 5.43. The second kappa shape index (κ2) is 4.49. The van der Waals surface area contributed by atoms with Crippen molar-refractivity contribution in [2.45, 2.75) is 26.9 Å². The topological polar surface area (TPSA) is 58.0 Å². The summed E-state index contributed by atoms with van der Waals surface area (Å²) in [6.45, 7) is 5.48. The Kier molecular flexibility index (Phi) is 3.05. The molecule has 0 bridgehead atoms. The van der Waals surface area contributed by atoms with Crippen LogP contribution in [-0.4, -0.2) is 27.1 Å². The van der Waals surface area contributed by atoms with Gasteiger partial charge in [-0.15, -0.1) is 0 Å². The first kappa shape index (κ1) is 10.9. The number of nitrogens with one attached hydrogen (secondary N) is 1. The maximum atomic E-state index is 5.43. The van der Waals surface area contributed by atoms with E-state index < -0.39 is 0 Å². The average Bonchev–Trinajstić information content (AvgIpc) is 2.77. The Balaban J connectivity index is 1.94. The number of H-pyrrole nitrogens is 1. The molecule has 0 spiro atoms. The van der Waals surface area contributed by atoms with Gasteiger partial charge in [0.1, 0.15) is 5.76 Å². The van der Waals surface area contributed by atoms with E-state index in [2.05, 4.69) is 20.1 Å². The minimum absolute atomic E-state index is 0.711. The van der Waals surface area contributed by atoms with Crippen LogP contribution in [-0.2, 0) is 13.1 Å². The van der Waals surface area contributed by atoms with Crippen LogP contribution in [0.25, 0.3) is 0 Å². The molecular weight excluding hydrogens is 204 g/mol. The summed E-state index contributed by atoms with van der Waals surface area (Å²) < 4.78 is 5.43. The van der Waals surface area contributed by atoms with Gasteiger partial charge in [-0.2, -0.15) is 5.10 Å². The largest absolute Gasteiger partial charge is 0.445 e. The van der Waals surface area contributed by atoms with Gasteiger partial charge in [-0.1, -0.05) is 0 Å². The fourth-order valence-corrected chi connectivity index (χ4v) is 1.63. The highest BCUT2D eigenvalue weighted by molar-refractivity contribution is 5.14. The molecule has 2 aromatic heterocycles. The zero-order valence-corrected chi connectivity index (χ0v) is 9.82. The highest BCUT2D eigenvalue weighted by Crippen LogP contribution is 2.10. The highest BCUT2D eigenvalue weighted by atomic mass is 16.4. The molecule has 0 saturated carbocycles. The first-order valence-electron chi connectivity index (χ1n) is 5.24. The zero-order valence-electron chi connectivity index (χ0n) is 9.82. The van der Waals surface area contributed by atoms with Crippen LogP contribution in [0, 0.1) is 13.8 Å². The molecule has 5 nitrogen and oxygen atoms in total. The van der Waals surface area contributed by atoms with Crippen LogP contribution >= 0.6 is 0 Å². The van der Waals surface area contributed by atoms with Crippen molar-refractivity contribution in [3.8, 4) is 0 Å². The molecule has 2 rings (SSSR count). The first-order valence-corrected chi connectivity index (χ1v) is 5.24. The van der Waals surface area contributed by atoms with Crippen molar-refractivity contribution in [2.75, 3.05) is 7.05 Å². The molecule has 0 aliphatic rings. The number of nitrogens with zero attached hydrogens (tertiary/aromatic N) is 3. The van der Waals surface area contributed by atoms with E-state index in [0.29, 0.717) is 5.89 Å². The Morgan fingerprint density at radius 3 is 2.69 bits per heavy atom. The molecule has 0 amide bonds. The minimum Gasteiger partial charge on any atom is -0.445 e. The number of aromatic amines is 1. The minimum atomic E-state index is 0.711. The monoisotopic (exact) mass is 220 g/mol. The van der Waals surface area contributed by atoms with Gasteiger partial charge in [0.05, 0.1) is 18.9 Å². The SMILES string of the molecule is Cc1ncc(CN(C)Cc2cn[nH]c2C)o1. The quantitative estimate of drug-likeness (QED) is 0.851. The van der Waals surface area contributed by atoms with Gasteiger partial charge in [-0.25, -0.2) is 4.98 Å². The van der Waals surface area contributed by atoms with Crippen molar-refractivity contribution in [1.29, 1.82) is 0 Å². The van der Waals surface area contributed by atoms with Crippen molar-refractivity contribution < 1.29 is 4.42 Å². The summed E-state index contributed by atoms with van der Waals surface area (Å²) in [4.78, 5) is 6.24. The third-order valence-corrected chi connectivity index (χ3v) is 2.47. The molecule has 1 N–H and O–H groups in total. The molecule has 0 fully saturated rings. The molecule has 0 unspecified atom stereocenters. The van der Waals surface area contributed by atoms with Crippen molar-refractivity contribution in [3.05, 3.63) is 35.3 Å². The third kappa shape index (κ3) is 2.49. The van der Waals surface area contributed by atoms with Crippen molar-refractivity contribution >= 4 is 0 Å². The summed E-state index contributed by atoms with van der Waals surface area (Å²) in [6.07, 6.45) is 3.63. The van der Waals surface area contributed by atoms with Gasteiger partial charge in [-0.3, -0.25) is 10.00 Å². The standard InChI is InChI=1S/C11H16N4O/c1-8-10(4-13-14-8)6-15(3)7-11-5-12-9(2)16-11/h4-5H,6-7H2,1-3H3,(H,13,14). The van der Waals surface area contributed by atoms with Crippen LogP contribution in [0.4, 0.5) is 0 Å². The van der Waals surface area contributed by atoms with Gasteiger partial charge < -0.3 is 4.42 Å². The van der Waals surface area contributed by atoms with Gasteiger partial charge in [0.15, 0.2) is 5.89 Å². The zero-order chi connectivity index (χ0) is 11.5. The van der Waals surface area contributed by atoms with E-state index in [4.69, 9.17) is 4.42 Å². The number of aryl methyl sites for hydroxylation is 2. The van der Waals surface area contributed by atoms with Gasteiger partial charge in [-0.05, 0) is 14.0 Å². The lowest BCUT2D eigenvalue weighted by atomic mass is 10.2. The molecule has 16 heavy (non-hydrogen) atoms. The third-order valence-electron chi connectivity index (χ3n) is 2.47. The molecule has 0 saturated heterocycles. The Hall–Kier alpha value is -1.62. The molecule has 5 heteroatoms. The molecular formula is C11H16N4O. The van der Waals surface area contributed by atoms with E-state index in [-0.39, 0.29) is 0 Å². The van der Waals surface area contributed by atoms with Gasteiger partial charge >= 0.3 is 0 Å². The lowest BCUT2D eigenvalue weighted by Gasteiger charge is -2.13. The van der Waals surface area contributed by atoms with Crippen molar-refractivity contribution in [1.82, 2.24) is 20.1 Å². The second-order valence-electron chi connectivity index (χ2n) is 4.04. The molecule has 0 aliphatic carbocycles. The number of aromatic nitrogens is 3. The highest BCUT2D eigenvalue weighted by Gasteiger charge is 2.07. The Morgan fingerprint density at radius 2 is 2.12 bits per heavy atom. The van der Waals surface area contributed by atoms with Crippen LogP contribution in [0.5, 0.6) is 0 Å².